The van der Waals surface area contributed by atoms with Crippen molar-refractivity contribution in [2.75, 3.05) is 6.61 Å². The minimum Gasteiger partial charge on any atom is -0.493 e. The van der Waals surface area contributed by atoms with Gasteiger partial charge in [-0.2, -0.15) is 13.2 Å². The van der Waals surface area contributed by atoms with E-state index >= 15 is 0 Å². The summed E-state index contributed by atoms with van der Waals surface area (Å²) >= 11 is 5.97. The first-order valence-electron chi connectivity index (χ1n) is 11.7. The summed E-state index contributed by atoms with van der Waals surface area (Å²) in [6.45, 7) is 4.14. The summed E-state index contributed by atoms with van der Waals surface area (Å²) in [5.74, 6) is 0.0968. The highest BCUT2D eigenvalue weighted by Gasteiger charge is 2.34. The molecule has 0 aliphatic heterocycles. The molecule has 0 saturated heterocycles. The van der Waals surface area contributed by atoms with E-state index in [2.05, 4.69) is 0 Å². The summed E-state index contributed by atoms with van der Waals surface area (Å²) in [4.78, 5) is 10.9. The first-order valence-corrected chi connectivity index (χ1v) is 12.1. The van der Waals surface area contributed by atoms with Gasteiger partial charge in [0.2, 0.25) is 0 Å². The smallest absolute Gasteiger partial charge is 0.417 e. The van der Waals surface area contributed by atoms with Gasteiger partial charge in [-0.25, -0.2) is 0 Å². The van der Waals surface area contributed by atoms with Crippen molar-refractivity contribution in [2.24, 2.45) is 0 Å². The van der Waals surface area contributed by atoms with E-state index < -0.39 is 22.7 Å². The predicted octanol–water partition coefficient (Wildman–Crippen LogP) is 7.84. The lowest BCUT2D eigenvalue weighted by atomic mass is 10.0. The Kier molecular flexibility index (Phi) is 9.26. The quantitative estimate of drug-likeness (QED) is 0.280. The number of hydrogen-bond donors (Lipinski definition) is 1. The highest BCUT2D eigenvalue weighted by molar-refractivity contribution is 6.31. The molecule has 3 rings (SSSR count). The molecule has 3 aromatic rings. The SMILES string of the molecule is CCc1cc(OCC[C@H](C)Oc2cc(Cl)c(C(F)(F)F)cc2-c2ccccc2)ccc1CCC(=O)O. The molecule has 36 heavy (non-hydrogen) atoms. The highest BCUT2D eigenvalue weighted by Crippen LogP contribution is 2.42. The summed E-state index contributed by atoms with van der Waals surface area (Å²) in [6, 6.07) is 16.6. The number of halogens is 4. The zero-order valence-electron chi connectivity index (χ0n) is 20.1. The number of rotatable bonds is 11. The molecule has 4 nitrogen and oxygen atoms in total. The van der Waals surface area contributed by atoms with Crippen LogP contribution in [0.25, 0.3) is 11.1 Å². The van der Waals surface area contributed by atoms with Crippen LogP contribution in [0, 0.1) is 0 Å². The molecule has 0 saturated carbocycles. The average Bonchev–Trinajstić information content (AvgIpc) is 2.82. The molecule has 3 aromatic carbocycles. The minimum absolute atomic E-state index is 0.0704. The topological polar surface area (TPSA) is 55.8 Å². The van der Waals surface area contributed by atoms with Gasteiger partial charge in [-0.1, -0.05) is 54.9 Å². The normalized spacial score (nSPS) is 12.3. The Labute approximate surface area is 213 Å². The van der Waals surface area contributed by atoms with Crippen molar-refractivity contribution in [1.29, 1.82) is 0 Å². The van der Waals surface area contributed by atoms with Crippen molar-refractivity contribution in [1.82, 2.24) is 0 Å². The number of alkyl halides is 3. The number of ether oxygens (including phenoxy) is 2. The molecule has 0 spiro atoms. The third kappa shape index (κ3) is 7.40. The molecular formula is C28H28ClF3O4. The maximum absolute atomic E-state index is 13.5. The number of benzene rings is 3. The Balaban J connectivity index is 1.69. The molecule has 0 aliphatic rings. The summed E-state index contributed by atoms with van der Waals surface area (Å²) in [7, 11) is 0. The molecule has 0 radical (unpaired) electrons. The van der Waals surface area contributed by atoms with Crippen LogP contribution in [0.5, 0.6) is 11.5 Å². The maximum Gasteiger partial charge on any atom is 0.417 e. The lowest BCUT2D eigenvalue weighted by molar-refractivity contribution is -0.138. The summed E-state index contributed by atoms with van der Waals surface area (Å²) in [6.07, 6.45) is -3.18. The van der Waals surface area contributed by atoms with Gasteiger partial charge in [0, 0.05) is 24.5 Å². The van der Waals surface area contributed by atoms with E-state index in [1.165, 1.54) is 6.07 Å². The molecule has 0 heterocycles. The molecule has 192 valence electrons. The third-order valence-corrected chi connectivity index (χ3v) is 6.06. The molecule has 0 fully saturated rings. The average molecular weight is 521 g/mol. The lowest BCUT2D eigenvalue weighted by Crippen LogP contribution is -2.17. The van der Waals surface area contributed by atoms with Crippen LogP contribution < -0.4 is 9.47 Å². The van der Waals surface area contributed by atoms with Crippen molar-refractivity contribution in [3.63, 3.8) is 0 Å². The largest absolute Gasteiger partial charge is 0.493 e. The van der Waals surface area contributed by atoms with Gasteiger partial charge in [0.1, 0.15) is 11.5 Å². The third-order valence-electron chi connectivity index (χ3n) is 5.75. The number of carboxylic acid groups (broad SMARTS) is 1. The second-order valence-electron chi connectivity index (χ2n) is 8.44. The van der Waals surface area contributed by atoms with E-state index in [9.17, 15) is 18.0 Å². The second kappa shape index (κ2) is 12.2. The van der Waals surface area contributed by atoms with Gasteiger partial charge in [-0.15, -0.1) is 0 Å². The first-order chi connectivity index (χ1) is 17.1. The van der Waals surface area contributed by atoms with Gasteiger partial charge < -0.3 is 14.6 Å². The molecule has 8 heteroatoms. The number of aryl methyl sites for hydroxylation is 2. The van der Waals surface area contributed by atoms with E-state index in [1.807, 2.05) is 32.0 Å². The van der Waals surface area contributed by atoms with Gasteiger partial charge in [-0.05, 0) is 54.7 Å². The fourth-order valence-corrected chi connectivity index (χ4v) is 4.10. The number of hydrogen-bond acceptors (Lipinski definition) is 3. The Morgan fingerprint density at radius 1 is 1.06 bits per heavy atom. The maximum atomic E-state index is 13.5. The second-order valence-corrected chi connectivity index (χ2v) is 8.84. The fraction of sp³-hybridized carbons (Fsp3) is 0.321. The van der Waals surface area contributed by atoms with E-state index in [4.69, 9.17) is 26.2 Å². The van der Waals surface area contributed by atoms with Gasteiger partial charge >= 0.3 is 12.1 Å². The molecule has 0 unspecified atom stereocenters. The van der Waals surface area contributed by atoms with Crippen LogP contribution in [0.15, 0.2) is 60.7 Å². The van der Waals surface area contributed by atoms with E-state index in [-0.39, 0.29) is 18.3 Å². The van der Waals surface area contributed by atoms with Crippen molar-refractivity contribution in [3.05, 3.63) is 82.4 Å². The van der Waals surface area contributed by atoms with Crippen LogP contribution in [-0.4, -0.2) is 23.8 Å². The molecule has 0 amide bonds. The van der Waals surface area contributed by atoms with Crippen molar-refractivity contribution in [2.45, 2.75) is 51.8 Å². The number of carbonyl (C=O) groups is 1. The van der Waals surface area contributed by atoms with Crippen molar-refractivity contribution < 1.29 is 32.5 Å². The Morgan fingerprint density at radius 3 is 2.42 bits per heavy atom. The predicted molar refractivity (Wildman–Crippen MR) is 134 cm³/mol. The Hall–Kier alpha value is -3.19. The standard InChI is InChI=1S/C28H28ClF3O4/c1-3-19-15-22(11-9-20(19)10-12-27(33)34)35-14-13-18(2)36-26-17-25(29)24(28(30,31)32)16-23(26)21-7-5-4-6-8-21/h4-9,11,15-18H,3,10,12-14H2,1-2H3,(H,33,34)/t18-/m0/s1. The molecule has 0 aliphatic carbocycles. The van der Waals surface area contributed by atoms with Crippen LogP contribution in [-0.2, 0) is 23.8 Å². The van der Waals surface area contributed by atoms with Gasteiger partial charge in [0.05, 0.1) is 23.3 Å². The summed E-state index contributed by atoms with van der Waals surface area (Å²) in [5, 5.41) is 8.50. The van der Waals surface area contributed by atoms with Gasteiger partial charge in [-0.3, -0.25) is 4.79 Å². The Morgan fingerprint density at radius 2 is 1.78 bits per heavy atom. The zero-order valence-corrected chi connectivity index (χ0v) is 20.8. The van der Waals surface area contributed by atoms with E-state index in [1.54, 1.807) is 30.3 Å². The molecular weight excluding hydrogens is 493 g/mol. The Bertz CT molecular complexity index is 1180. The van der Waals surface area contributed by atoms with Crippen LogP contribution in [0.4, 0.5) is 13.2 Å². The van der Waals surface area contributed by atoms with Crippen LogP contribution in [0.3, 0.4) is 0 Å². The van der Waals surface area contributed by atoms with E-state index in [0.29, 0.717) is 36.3 Å². The monoisotopic (exact) mass is 520 g/mol. The first kappa shape index (κ1) is 27.4. The van der Waals surface area contributed by atoms with Gasteiger partial charge in [0.15, 0.2) is 0 Å². The minimum atomic E-state index is -4.58. The van der Waals surface area contributed by atoms with Crippen LogP contribution >= 0.6 is 11.6 Å². The van der Waals surface area contributed by atoms with E-state index in [0.717, 1.165) is 23.6 Å². The molecule has 1 N–H and O–H groups in total. The lowest BCUT2D eigenvalue weighted by Gasteiger charge is -2.20. The van der Waals surface area contributed by atoms with Crippen molar-refractivity contribution in [3.8, 4) is 22.6 Å². The molecule has 0 aromatic heterocycles. The zero-order chi connectivity index (χ0) is 26.3. The number of aliphatic carboxylic acids is 1. The summed E-state index contributed by atoms with van der Waals surface area (Å²) in [5.41, 5.74) is 2.00. The fourth-order valence-electron chi connectivity index (χ4n) is 3.84. The van der Waals surface area contributed by atoms with Gasteiger partial charge in [0.25, 0.3) is 0 Å². The summed E-state index contributed by atoms with van der Waals surface area (Å²) < 4.78 is 52.3. The number of carboxylic acids is 1. The van der Waals surface area contributed by atoms with Crippen LogP contribution in [0.1, 0.15) is 43.4 Å². The molecule has 0 bridgehead atoms. The van der Waals surface area contributed by atoms with Crippen LogP contribution in [0.2, 0.25) is 5.02 Å². The van der Waals surface area contributed by atoms with Crippen molar-refractivity contribution >= 4 is 17.6 Å². The highest BCUT2D eigenvalue weighted by atomic mass is 35.5. The molecule has 1 atom stereocenters.